The third-order valence-electron chi connectivity index (χ3n) is 6.23. The van der Waals surface area contributed by atoms with E-state index in [1.165, 1.54) is 41.7 Å². The monoisotopic (exact) mass is 462 g/mol. The van der Waals surface area contributed by atoms with Gasteiger partial charge in [-0.05, 0) is 48.7 Å². The van der Waals surface area contributed by atoms with Crippen LogP contribution in [0, 0.1) is 5.82 Å². The Morgan fingerprint density at radius 1 is 1.09 bits per heavy atom. The van der Waals surface area contributed by atoms with Crippen LogP contribution in [0.3, 0.4) is 0 Å². The standard InChI is InChI=1S/C23H27FN2O5S/c1-30-21-9-8-19(32(28,29)26-12-14-31-15-13-26)16-20(21)22(27)25-23(10-2-3-11-23)17-4-6-18(24)7-5-17/h4-9,16H,2-3,10-15H2,1H3,(H,25,27). The van der Waals surface area contributed by atoms with Crippen molar-refractivity contribution in [2.75, 3.05) is 33.4 Å². The summed E-state index contributed by atoms with van der Waals surface area (Å²) in [7, 11) is -2.33. The molecule has 32 heavy (non-hydrogen) atoms. The molecule has 2 fully saturated rings. The molecule has 1 aliphatic heterocycles. The predicted molar refractivity (Wildman–Crippen MR) is 117 cm³/mol. The second kappa shape index (κ2) is 9.17. The van der Waals surface area contributed by atoms with Crippen LogP contribution in [0.1, 0.15) is 41.6 Å². The third kappa shape index (κ3) is 4.37. The number of carbonyl (C=O) groups excluding carboxylic acids is 1. The number of carbonyl (C=O) groups is 1. The molecule has 1 aliphatic carbocycles. The molecule has 0 unspecified atom stereocenters. The first-order valence-corrected chi connectivity index (χ1v) is 12.1. The van der Waals surface area contributed by atoms with Crippen LogP contribution in [0.15, 0.2) is 47.4 Å². The minimum absolute atomic E-state index is 0.0348. The molecule has 2 aliphatic rings. The SMILES string of the molecule is COc1ccc(S(=O)(=O)N2CCOCC2)cc1C(=O)NC1(c2ccc(F)cc2)CCCC1. The number of nitrogens with one attached hydrogen (secondary N) is 1. The van der Waals surface area contributed by atoms with Crippen molar-refractivity contribution in [3.05, 3.63) is 59.4 Å². The minimum Gasteiger partial charge on any atom is -0.496 e. The van der Waals surface area contributed by atoms with Crippen LogP contribution in [0.4, 0.5) is 4.39 Å². The molecule has 9 heteroatoms. The van der Waals surface area contributed by atoms with Gasteiger partial charge in [-0.25, -0.2) is 12.8 Å². The molecule has 0 aromatic heterocycles. The Morgan fingerprint density at radius 3 is 2.38 bits per heavy atom. The van der Waals surface area contributed by atoms with E-state index in [0.717, 1.165) is 31.2 Å². The molecule has 2 aromatic rings. The average molecular weight is 463 g/mol. The highest BCUT2D eigenvalue weighted by molar-refractivity contribution is 7.89. The molecule has 172 valence electrons. The van der Waals surface area contributed by atoms with Crippen molar-refractivity contribution in [2.45, 2.75) is 36.1 Å². The van der Waals surface area contributed by atoms with Gasteiger partial charge in [0.1, 0.15) is 11.6 Å². The number of hydrogen-bond donors (Lipinski definition) is 1. The van der Waals surface area contributed by atoms with Gasteiger partial charge in [-0.15, -0.1) is 0 Å². The number of methoxy groups -OCH3 is 1. The van der Waals surface area contributed by atoms with Crippen molar-refractivity contribution in [3.8, 4) is 5.75 Å². The molecule has 1 saturated heterocycles. The fourth-order valence-electron chi connectivity index (χ4n) is 4.48. The summed E-state index contributed by atoms with van der Waals surface area (Å²) in [6.45, 7) is 1.21. The van der Waals surface area contributed by atoms with Crippen molar-refractivity contribution in [3.63, 3.8) is 0 Å². The Kier molecular flexibility index (Phi) is 6.50. The summed E-state index contributed by atoms with van der Waals surface area (Å²) in [6, 6.07) is 10.5. The van der Waals surface area contributed by atoms with Gasteiger partial charge < -0.3 is 14.8 Å². The largest absolute Gasteiger partial charge is 0.496 e. The van der Waals surface area contributed by atoms with Gasteiger partial charge in [-0.3, -0.25) is 4.79 Å². The summed E-state index contributed by atoms with van der Waals surface area (Å²) in [5, 5.41) is 3.11. The zero-order valence-electron chi connectivity index (χ0n) is 18.0. The highest BCUT2D eigenvalue weighted by Crippen LogP contribution is 2.39. The Morgan fingerprint density at radius 2 is 1.75 bits per heavy atom. The second-order valence-corrected chi connectivity index (χ2v) is 10.1. The van der Waals surface area contributed by atoms with Crippen molar-refractivity contribution in [1.82, 2.24) is 9.62 Å². The maximum absolute atomic E-state index is 13.5. The van der Waals surface area contributed by atoms with E-state index in [0.29, 0.717) is 13.2 Å². The van der Waals surface area contributed by atoms with Crippen LogP contribution in [0.25, 0.3) is 0 Å². The lowest BCUT2D eigenvalue weighted by atomic mass is 9.87. The fraction of sp³-hybridized carbons (Fsp3) is 0.435. The van der Waals surface area contributed by atoms with Crippen LogP contribution >= 0.6 is 0 Å². The molecule has 1 heterocycles. The Labute approximate surface area is 187 Å². The van der Waals surface area contributed by atoms with Gasteiger partial charge in [0.25, 0.3) is 5.91 Å². The number of amides is 1. The van der Waals surface area contributed by atoms with Gasteiger partial charge in [0.15, 0.2) is 0 Å². The fourth-order valence-corrected chi connectivity index (χ4v) is 5.91. The summed E-state index contributed by atoms with van der Waals surface area (Å²) >= 11 is 0. The molecule has 0 radical (unpaired) electrons. The number of morpholine rings is 1. The number of nitrogens with zero attached hydrogens (tertiary/aromatic N) is 1. The van der Waals surface area contributed by atoms with Gasteiger partial charge in [0, 0.05) is 13.1 Å². The summed E-state index contributed by atoms with van der Waals surface area (Å²) in [4.78, 5) is 13.4. The lowest BCUT2D eigenvalue weighted by Gasteiger charge is -2.31. The molecular formula is C23H27FN2O5S. The Balaban J connectivity index is 1.66. The molecule has 1 saturated carbocycles. The lowest BCUT2D eigenvalue weighted by molar-refractivity contribution is 0.0730. The van der Waals surface area contributed by atoms with Crippen LogP contribution in [0.5, 0.6) is 5.75 Å². The van der Waals surface area contributed by atoms with E-state index in [4.69, 9.17) is 9.47 Å². The van der Waals surface area contributed by atoms with E-state index in [9.17, 15) is 17.6 Å². The number of ether oxygens (including phenoxy) is 2. The number of rotatable bonds is 6. The lowest BCUT2D eigenvalue weighted by Crippen LogP contribution is -2.44. The summed E-state index contributed by atoms with van der Waals surface area (Å²) in [5.74, 6) is -0.473. The zero-order valence-corrected chi connectivity index (χ0v) is 18.8. The highest BCUT2D eigenvalue weighted by Gasteiger charge is 2.38. The predicted octanol–water partition coefficient (Wildman–Crippen LogP) is 3.05. The maximum atomic E-state index is 13.5. The van der Waals surface area contributed by atoms with Gasteiger partial charge in [0.05, 0.1) is 36.3 Å². The van der Waals surface area contributed by atoms with E-state index >= 15 is 0 Å². The van der Waals surface area contributed by atoms with Crippen LogP contribution in [0.2, 0.25) is 0 Å². The molecule has 0 atom stereocenters. The number of halogens is 1. The zero-order chi connectivity index (χ0) is 22.8. The minimum atomic E-state index is -3.77. The first kappa shape index (κ1) is 22.7. The van der Waals surface area contributed by atoms with E-state index < -0.39 is 21.5 Å². The van der Waals surface area contributed by atoms with E-state index in [1.54, 1.807) is 12.1 Å². The second-order valence-electron chi connectivity index (χ2n) is 8.13. The Bertz CT molecular complexity index is 1080. The first-order valence-electron chi connectivity index (χ1n) is 10.7. The Hall–Kier alpha value is -2.49. The quantitative estimate of drug-likeness (QED) is 0.713. The molecule has 1 amide bonds. The maximum Gasteiger partial charge on any atom is 0.255 e. The average Bonchev–Trinajstić information content (AvgIpc) is 3.29. The number of sulfonamides is 1. The number of benzene rings is 2. The van der Waals surface area contributed by atoms with E-state index in [1.807, 2.05) is 0 Å². The van der Waals surface area contributed by atoms with Crippen LogP contribution in [-0.4, -0.2) is 52.0 Å². The molecular weight excluding hydrogens is 435 g/mol. The third-order valence-corrected chi connectivity index (χ3v) is 8.12. The smallest absolute Gasteiger partial charge is 0.255 e. The van der Waals surface area contributed by atoms with E-state index in [2.05, 4.69) is 5.32 Å². The molecule has 0 bridgehead atoms. The van der Waals surface area contributed by atoms with Crippen molar-refractivity contribution in [2.24, 2.45) is 0 Å². The highest BCUT2D eigenvalue weighted by atomic mass is 32.2. The van der Waals surface area contributed by atoms with E-state index in [-0.39, 0.29) is 35.1 Å². The van der Waals surface area contributed by atoms with Crippen molar-refractivity contribution >= 4 is 15.9 Å². The van der Waals surface area contributed by atoms with Crippen LogP contribution < -0.4 is 10.1 Å². The molecule has 1 N–H and O–H groups in total. The van der Waals surface area contributed by atoms with Crippen LogP contribution in [-0.2, 0) is 20.3 Å². The van der Waals surface area contributed by atoms with Gasteiger partial charge in [0.2, 0.25) is 10.0 Å². The molecule has 4 rings (SSSR count). The first-order chi connectivity index (χ1) is 15.4. The molecule has 2 aromatic carbocycles. The van der Waals surface area contributed by atoms with Gasteiger partial charge >= 0.3 is 0 Å². The topological polar surface area (TPSA) is 84.9 Å². The van der Waals surface area contributed by atoms with Gasteiger partial charge in [-0.1, -0.05) is 25.0 Å². The molecule has 0 spiro atoms. The van der Waals surface area contributed by atoms with Gasteiger partial charge in [-0.2, -0.15) is 4.31 Å². The summed E-state index contributed by atoms with van der Waals surface area (Å²) in [6.07, 6.45) is 3.30. The van der Waals surface area contributed by atoms with Crippen molar-refractivity contribution < 1.29 is 27.1 Å². The summed E-state index contributed by atoms with van der Waals surface area (Å²) in [5.41, 5.74) is 0.352. The molecule has 7 nitrogen and oxygen atoms in total. The van der Waals surface area contributed by atoms with Crippen molar-refractivity contribution in [1.29, 1.82) is 0 Å². The number of hydrogen-bond acceptors (Lipinski definition) is 5. The normalized spacial score (nSPS) is 18.9. The summed E-state index contributed by atoms with van der Waals surface area (Å²) < 4.78 is 51.6.